The standard InChI is InChI=1S/C15H19Cl2NO/c1-10-5-7-11(8-6-10)9-18-15(19)12-3-2-4-13(16)14(12)17/h2-4,10-11H,5-9H2,1H3,(H,18,19). The molecule has 0 aliphatic heterocycles. The molecule has 4 heteroatoms. The van der Waals surface area contributed by atoms with Crippen LogP contribution in [0.15, 0.2) is 18.2 Å². The molecule has 1 aliphatic rings. The van der Waals surface area contributed by atoms with Gasteiger partial charge < -0.3 is 5.32 Å². The quantitative estimate of drug-likeness (QED) is 0.871. The van der Waals surface area contributed by atoms with E-state index in [0.29, 0.717) is 21.5 Å². The highest BCUT2D eigenvalue weighted by Gasteiger charge is 2.19. The average molecular weight is 300 g/mol. The van der Waals surface area contributed by atoms with Gasteiger partial charge in [-0.2, -0.15) is 0 Å². The van der Waals surface area contributed by atoms with E-state index in [4.69, 9.17) is 23.2 Å². The molecule has 104 valence electrons. The topological polar surface area (TPSA) is 29.1 Å². The fraction of sp³-hybridized carbons (Fsp3) is 0.533. The Hall–Kier alpha value is -0.730. The molecule has 1 saturated carbocycles. The maximum absolute atomic E-state index is 12.1. The van der Waals surface area contributed by atoms with Crippen LogP contribution in [0.25, 0.3) is 0 Å². The van der Waals surface area contributed by atoms with Crippen molar-refractivity contribution in [1.82, 2.24) is 5.32 Å². The number of halogens is 2. The van der Waals surface area contributed by atoms with Crippen molar-refractivity contribution in [2.75, 3.05) is 6.54 Å². The number of carbonyl (C=O) groups is 1. The Bertz CT molecular complexity index is 453. The summed E-state index contributed by atoms with van der Waals surface area (Å²) in [6.45, 7) is 3.02. The number of hydrogen-bond donors (Lipinski definition) is 1. The molecule has 0 radical (unpaired) electrons. The highest BCUT2D eigenvalue weighted by molar-refractivity contribution is 6.43. The van der Waals surface area contributed by atoms with E-state index in [9.17, 15) is 4.79 Å². The van der Waals surface area contributed by atoms with E-state index >= 15 is 0 Å². The predicted molar refractivity (Wildman–Crippen MR) is 79.9 cm³/mol. The van der Waals surface area contributed by atoms with Gasteiger partial charge >= 0.3 is 0 Å². The molecular formula is C15H19Cl2NO. The lowest BCUT2D eigenvalue weighted by Crippen LogP contribution is -2.31. The first-order chi connectivity index (χ1) is 9.08. The van der Waals surface area contributed by atoms with Crippen molar-refractivity contribution in [3.63, 3.8) is 0 Å². The van der Waals surface area contributed by atoms with Gasteiger partial charge in [-0.05, 0) is 36.8 Å². The minimum absolute atomic E-state index is 0.133. The average Bonchev–Trinajstić information content (AvgIpc) is 2.41. The molecule has 0 aromatic heterocycles. The van der Waals surface area contributed by atoms with Crippen LogP contribution in [0.5, 0.6) is 0 Å². The van der Waals surface area contributed by atoms with Gasteiger partial charge in [0, 0.05) is 6.54 Å². The number of hydrogen-bond acceptors (Lipinski definition) is 1. The Morgan fingerprint density at radius 1 is 1.26 bits per heavy atom. The Kier molecular flexibility index (Phi) is 5.12. The molecule has 0 saturated heterocycles. The van der Waals surface area contributed by atoms with Gasteiger partial charge in [0.25, 0.3) is 5.91 Å². The van der Waals surface area contributed by atoms with Crippen LogP contribution < -0.4 is 5.32 Å². The van der Waals surface area contributed by atoms with Crippen LogP contribution in [0, 0.1) is 11.8 Å². The Morgan fingerprint density at radius 2 is 1.95 bits per heavy atom. The van der Waals surface area contributed by atoms with E-state index in [1.54, 1.807) is 18.2 Å². The second-order valence-corrected chi connectivity index (χ2v) is 6.22. The Balaban J connectivity index is 1.89. The highest BCUT2D eigenvalue weighted by Crippen LogP contribution is 2.28. The minimum atomic E-state index is -0.133. The van der Waals surface area contributed by atoms with E-state index in [0.717, 1.165) is 12.5 Å². The van der Waals surface area contributed by atoms with Crippen molar-refractivity contribution in [1.29, 1.82) is 0 Å². The monoisotopic (exact) mass is 299 g/mol. The van der Waals surface area contributed by atoms with Crippen LogP contribution in [0.1, 0.15) is 43.0 Å². The number of nitrogens with one attached hydrogen (secondary N) is 1. The van der Waals surface area contributed by atoms with Crippen molar-refractivity contribution < 1.29 is 4.79 Å². The molecule has 0 heterocycles. The van der Waals surface area contributed by atoms with Gasteiger partial charge in [0.2, 0.25) is 0 Å². The zero-order chi connectivity index (χ0) is 13.8. The minimum Gasteiger partial charge on any atom is -0.352 e. The van der Waals surface area contributed by atoms with Gasteiger partial charge in [-0.3, -0.25) is 4.79 Å². The molecule has 2 nitrogen and oxygen atoms in total. The highest BCUT2D eigenvalue weighted by atomic mass is 35.5. The Labute approximate surface area is 124 Å². The molecule has 1 fully saturated rings. The molecule has 0 bridgehead atoms. The van der Waals surface area contributed by atoms with Crippen molar-refractivity contribution in [3.05, 3.63) is 33.8 Å². The number of carbonyl (C=O) groups excluding carboxylic acids is 1. The first-order valence-electron chi connectivity index (χ1n) is 6.80. The van der Waals surface area contributed by atoms with E-state index in [1.165, 1.54) is 25.7 Å². The summed E-state index contributed by atoms with van der Waals surface area (Å²) in [4.78, 5) is 12.1. The third kappa shape index (κ3) is 3.87. The second kappa shape index (κ2) is 6.62. The van der Waals surface area contributed by atoms with Gasteiger partial charge in [-0.15, -0.1) is 0 Å². The number of rotatable bonds is 3. The van der Waals surface area contributed by atoms with Crippen LogP contribution in [0.3, 0.4) is 0 Å². The van der Waals surface area contributed by atoms with Crippen LogP contribution in [0.4, 0.5) is 0 Å². The second-order valence-electron chi connectivity index (χ2n) is 5.44. The zero-order valence-corrected chi connectivity index (χ0v) is 12.6. The molecule has 19 heavy (non-hydrogen) atoms. The molecule has 0 unspecified atom stereocenters. The Morgan fingerprint density at radius 3 is 2.63 bits per heavy atom. The molecular weight excluding hydrogens is 281 g/mol. The van der Waals surface area contributed by atoms with Crippen molar-refractivity contribution in [3.8, 4) is 0 Å². The van der Waals surface area contributed by atoms with Crippen LogP contribution in [-0.2, 0) is 0 Å². The zero-order valence-electron chi connectivity index (χ0n) is 11.1. The van der Waals surface area contributed by atoms with Crippen molar-refractivity contribution in [2.24, 2.45) is 11.8 Å². The predicted octanol–water partition coefficient (Wildman–Crippen LogP) is 4.55. The van der Waals surface area contributed by atoms with E-state index < -0.39 is 0 Å². The lowest BCUT2D eigenvalue weighted by atomic mass is 9.83. The maximum atomic E-state index is 12.1. The van der Waals surface area contributed by atoms with Gasteiger partial charge in [0.05, 0.1) is 15.6 Å². The summed E-state index contributed by atoms with van der Waals surface area (Å²) in [5.41, 5.74) is 0.457. The summed E-state index contributed by atoms with van der Waals surface area (Å²) in [6.07, 6.45) is 4.92. The number of amides is 1. The van der Waals surface area contributed by atoms with Crippen LogP contribution in [0.2, 0.25) is 10.0 Å². The summed E-state index contributed by atoms with van der Waals surface area (Å²) in [7, 11) is 0. The van der Waals surface area contributed by atoms with E-state index in [-0.39, 0.29) is 5.91 Å². The van der Waals surface area contributed by atoms with Gasteiger partial charge in [-0.25, -0.2) is 0 Å². The molecule has 0 spiro atoms. The number of benzene rings is 1. The molecule has 1 N–H and O–H groups in total. The molecule has 1 aromatic rings. The third-order valence-corrected chi connectivity index (χ3v) is 4.70. The first-order valence-corrected chi connectivity index (χ1v) is 7.55. The summed E-state index contributed by atoms with van der Waals surface area (Å²) in [5.74, 6) is 1.29. The molecule has 0 atom stereocenters. The molecule has 2 rings (SSSR count). The van der Waals surface area contributed by atoms with Gasteiger partial charge in [0.1, 0.15) is 0 Å². The van der Waals surface area contributed by atoms with Crippen LogP contribution in [-0.4, -0.2) is 12.5 Å². The fourth-order valence-corrected chi connectivity index (χ4v) is 2.93. The van der Waals surface area contributed by atoms with Gasteiger partial charge in [-0.1, -0.05) is 49.0 Å². The summed E-state index contributed by atoms with van der Waals surface area (Å²) in [6, 6.07) is 5.13. The summed E-state index contributed by atoms with van der Waals surface area (Å²) >= 11 is 11.9. The first kappa shape index (κ1) is 14.7. The SMILES string of the molecule is CC1CCC(CNC(=O)c2cccc(Cl)c2Cl)CC1. The van der Waals surface area contributed by atoms with Crippen molar-refractivity contribution >= 4 is 29.1 Å². The normalized spacial score (nSPS) is 23.1. The largest absolute Gasteiger partial charge is 0.352 e. The van der Waals surface area contributed by atoms with E-state index in [2.05, 4.69) is 12.2 Å². The lowest BCUT2D eigenvalue weighted by Gasteiger charge is -2.26. The maximum Gasteiger partial charge on any atom is 0.252 e. The fourth-order valence-electron chi connectivity index (χ4n) is 2.54. The van der Waals surface area contributed by atoms with Crippen LogP contribution >= 0.6 is 23.2 Å². The molecule has 1 aromatic carbocycles. The third-order valence-electron chi connectivity index (χ3n) is 3.88. The summed E-state index contributed by atoms with van der Waals surface area (Å²) in [5, 5.41) is 3.72. The van der Waals surface area contributed by atoms with E-state index in [1.807, 2.05) is 0 Å². The van der Waals surface area contributed by atoms with Crippen molar-refractivity contribution in [2.45, 2.75) is 32.6 Å². The molecule has 1 aliphatic carbocycles. The molecule has 1 amide bonds. The summed E-state index contributed by atoms with van der Waals surface area (Å²) < 4.78 is 0. The smallest absolute Gasteiger partial charge is 0.252 e. The lowest BCUT2D eigenvalue weighted by molar-refractivity contribution is 0.0942. The van der Waals surface area contributed by atoms with Gasteiger partial charge in [0.15, 0.2) is 0 Å².